The fraction of sp³-hybridized carbons (Fsp3) is 0.185. The lowest BCUT2D eigenvalue weighted by Crippen LogP contribution is -2.30. The second kappa shape index (κ2) is 9.61. The molecule has 0 aliphatic carbocycles. The summed E-state index contributed by atoms with van der Waals surface area (Å²) in [5.41, 5.74) is 2.32. The Balaban J connectivity index is 1.96. The number of carbonyl (C=O) groups excluding carboxylic acids is 2. The highest BCUT2D eigenvalue weighted by atomic mass is 35.5. The van der Waals surface area contributed by atoms with Crippen molar-refractivity contribution in [2.75, 3.05) is 18.6 Å². The SMILES string of the molecule is CCOc1cccc(C2/C(=C(\O)c3ccc(OC)c(Cl)c3)C(=O)C(=O)N2c2ccccc2C)c1. The second-order valence-corrected chi connectivity index (χ2v) is 8.22. The van der Waals surface area contributed by atoms with Crippen molar-refractivity contribution < 1.29 is 24.2 Å². The minimum absolute atomic E-state index is 0.0249. The lowest BCUT2D eigenvalue weighted by atomic mass is 9.94. The van der Waals surface area contributed by atoms with Gasteiger partial charge in [0.15, 0.2) is 0 Å². The monoisotopic (exact) mass is 477 g/mol. The van der Waals surface area contributed by atoms with Crippen LogP contribution < -0.4 is 14.4 Å². The summed E-state index contributed by atoms with van der Waals surface area (Å²) in [6, 6.07) is 18.3. The number of rotatable bonds is 6. The molecule has 1 atom stereocenters. The first kappa shape index (κ1) is 23.4. The minimum Gasteiger partial charge on any atom is -0.507 e. The van der Waals surface area contributed by atoms with E-state index >= 15 is 0 Å². The van der Waals surface area contributed by atoms with Gasteiger partial charge < -0.3 is 14.6 Å². The molecule has 0 spiro atoms. The van der Waals surface area contributed by atoms with Crippen LogP contribution in [0.2, 0.25) is 5.02 Å². The Labute approximate surface area is 203 Å². The number of nitrogens with zero attached hydrogens (tertiary/aromatic N) is 1. The van der Waals surface area contributed by atoms with Crippen molar-refractivity contribution in [3.8, 4) is 11.5 Å². The molecule has 1 fully saturated rings. The van der Waals surface area contributed by atoms with Gasteiger partial charge in [0.05, 0.1) is 30.4 Å². The topological polar surface area (TPSA) is 76.1 Å². The summed E-state index contributed by atoms with van der Waals surface area (Å²) >= 11 is 6.26. The van der Waals surface area contributed by atoms with Gasteiger partial charge in [0, 0.05) is 11.3 Å². The molecule has 1 aliphatic heterocycles. The zero-order valence-corrected chi connectivity index (χ0v) is 19.8. The summed E-state index contributed by atoms with van der Waals surface area (Å²) in [5, 5.41) is 11.6. The molecule has 7 heteroatoms. The van der Waals surface area contributed by atoms with Crippen LogP contribution >= 0.6 is 11.6 Å². The number of hydrogen-bond acceptors (Lipinski definition) is 5. The maximum atomic E-state index is 13.3. The van der Waals surface area contributed by atoms with Crippen LogP contribution in [-0.2, 0) is 9.59 Å². The Hall–Kier alpha value is -3.77. The molecule has 174 valence electrons. The summed E-state index contributed by atoms with van der Waals surface area (Å²) in [7, 11) is 1.49. The Morgan fingerprint density at radius 3 is 2.50 bits per heavy atom. The first-order valence-corrected chi connectivity index (χ1v) is 11.2. The van der Waals surface area contributed by atoms with E-state index in [-0.39, 0.29) is 16.4 Å². The van der Waals surface area contributed by atoms with Crippen LogP contribution in [0.15, 0.2) is 72.3 Å². The number of aryl methyl sites for hydroxylation is 1. The predicted octanol–water partition coefficient (Wildman–Crippen LogP) is 5.68. The van der Waals surface area contributed by atoms with Gasteiger partial charge in [-0.25, -0.2) is 0 Å². The fourth-order valence-electron chi connectivity index (χ4n) is 4.14. The highest BCUT2D eigenvalue weighted by Gasteiger charge is 2.47. The molecular formula is C27H24ClNO5. The standard InChI is InChI=1S/C27H24ClNO5/c1-4-34-19-10-7-9-17(14-19)24-23(25(30)18-12-13-22(33-3)20(28)15-18)26(31)27(32)29(24)21-11-6-5-8-16(21)2/h5-15,24,30H,4H2,1-3H3/b25-23+. The Morgan fingerprint density at radius 1 is 1.06 bits per heavy atom. The fourth-order valence-corrected chi connectivity index (χ4v) is 4.40. The van der Waals surface area contributed by atoms with Crippen molar-refractivity contribution in [2.45, 2.75) is 19.9 Å². The number of benzene rings is 3. The van der Waals surface area contributed by atoms with Crippen LogP contribution in [0.4, 0.5) is 5.69 Å². The number of aliphatic hydroxyl groups excluding tert-OH is 1. The first-order valence-electron chi connectivity index (χ1n) is 10.8. The molecule has 0 aromatic heterocycles. The Morgan fingerprint density at radius 2 is 1.82 bits per heavy atom. The molecule has 1 amide bonds. The van der Waals surface area contributed by atoms with Gasteiger partial charge in [0.1, 0.15) is 17.3 Å². The average molecular weight is 478 g/mol. The average Bonchev–Trinajstić information content (AvgIpc) is 3.09. The van der Waals surface area contributed by atoms with Crippen LogP contribution in [-0.4, -0.2) is 30.5 Å². The van der Waals surface area contributed by atoms with Crippen molar-refractivity contribution in [1.82, 2.24) is 0 Å². The van der Waals surface area contributed by atoms with Crippen molar-refractivity contribution >= 4 is 34.7 Å². The number of methoxy groups -OCH3 is 1. The third-order valence-corrected chi connectivity index (χ3v) is 6.02. The van der Waals surface area contributed by atoms with E-state index in [2.05, 4.69) is 0 Å². The van der Waals surface area contributed by atoms with Gasteiger partial charge in [-0.05, 0) is 61.4 Å². The largest absolute Gasteiger partial charge is 0.507 e. The van der Waals surface area contributed by atoms with Gasteiger partial charge in [0.25, 0.3) is 11.7 Å². The molecule has 3 aromatic carbocycles. The molecule has 4 rings (SSSR count). The summed E-state index contributed by atoms with van der Waals surface area (Å²) in [4.78, 5) is 28.1. The smallest absolute Gasteiger partial charge is 0.300 e. The molecule has 6 nitrogen and oxygen atoms in total. The van der Waals surface area contributed by atoms with Gasteiger partial charge in [-0.2, -0.15) is 0 Å². The number of ether oxygens (including phenoxy) is 2. The molecule has 3 aromatic rings. The summed E-state index contributed by atoms with van der Waals surface area (Å²) in [5.74, 6) is -0.782. The molecule has 0 radical (unpaired) electrons. The molecule has 1 aliphatic rings. The number of amides is 1. The molecule has 1 N–H and O–H groups in total. The van der Waals surface area contributed by atoms with Gasteiger partial charge in [-0.1, -0.05) is 41.9 Å². The number of anilines is 1. The number of hydrogen-bond donors (Lipinski definition) is 1. The quantitative estimate of drug-likeness (QED) is 0.281. The Kier molecular flexibility index (Phi) is 6.61. The lowest BCUT2D eigenvalue weighted by Gasteiger charge is -2.27. The van der Waals surface area contributed by atoms with E-state index in [1.54, 1.807) is 48.5 Å². The third-order valence-electron chi connectivity index (χ3n) is 5.73. The summed E-state index contributed by atoms with van der Waals surface area (Å²) in [6.07, 6.45) is 0. The van der Waals surface area contributed by atoms with Crippen molar-refractivity contribution in [1.29, 1.82) is 0 Å². The van der Waals surface area contributed by atoms with Crippen LogP contribution in [0.5, 0.6) is 11.5 Å². The van der Waals surface area contributed by atoms with E-state index in [4.69, 9.17) is 21.1 Å². The lowest BCUT2D eigenvalue weighted by molar-refractivity contribution is -0.132. The van der Waals surface area contributed by atoms with Gasteiger partial charge in [-0.15, -0.1) is 0 Å². The zero-order chi connectivity index (χ0) is 24.4. The molecular weight excluding hydrogens is 454 g/mol. The van der Waals surface area contributed by atoms with Gasteiger partial charge >= 0.3 is 0 Å². The van der Waals surface area contributed by atoms with Crippen LogP contribution in [0.1, 0.15) is 29.7 Å². The van der Waals surface area contributed by atoms with E-state index in [0.717, 1.165) is 5.56 Å². The maximum Gasteiger partial charge on any atom is 0.300 e. The molecule has 34 heavy (non-hydrogen) atoms. The number of carbonyl (C=O) groups is 2. The van der Waals surface area contributed by atoms with Crippen LogP contribution in [0, 0.1) is 6.92 Å². The summed E-state index contributed by atoms with van der Waals surface area (Å²) in [6.45, 7) is 4.21. The van der Waals surface area contributed by atoms with Crippen LogP contribution in [0.3, 0.4) is 0 Å². The van der Waals surface area contributed by atoms with E-state index in [1.165, 1.54) is 18.1 Å². The number of ketones is 1. The molecule has 0 saturated carbocycles. The van der Waals surface area contributed by atoms with E-state index in [0.29, 0.717) is 34.9 Å². The van der Waals surface area contributed by atoms with Crippen molar-refractivity contribution in [3.05, 3.63) is 94.0 Å². The normalized spacial score (nSPS) is 17.2. The number of halogens is 1. The second-order valence-electron chi connectivity index (χ2n) is 7.81. The van der Waals surface area contributed by atoms with E-state index in [1.807, 2.05) is 26.0 Å². The van der Waals surface area contributed by atoms with Crippen LogP contribution in [0.25, 0.3) is 5.76 Å². The van der Waals surface area contributed by atoms with E-state index in [9.17, 15) is 14.7 Å². The first-order chi connectivity index (χ1) is 16.4. The Bertz CT molecular complexity index is 1300. The highest BCUT2D eigenvalue weighted by molar-refractivity contribution is 6.51. The van der Waals surface area contributed by atoms with Gasteiger partial charge in [0.2, 0.25) is 0 Å². The number of para-hydroxylation sites is 1. The summed E-state index contributed by atoms with van der Waals surface area (Å²) < 4.78 is 10.8. The number of aliphatic hydroxyl groups is 1. The number of Topliss-reactive ketones (excluding diaryl/α,β-unsaturated/α-hetero) is 1. The maximum absolute atomic E-state index is 13.3. The zero-order valence-electron chi connectivity index (χ0n) is 19.0. The molecule has 1 unspecified atom stereocenters. The molecule has 1 heterocycles. The molecule has 0 bridgehead atoms. The minimum atomic E-state index is -0.859. The molecule has 1 saturated heterocycles. The predicted molar refractivity (Wildman–Crippen MR) is 132 cm³/mol. The van der Waals surface area contributed by atoms with Gasteiger partial charge in [-0.3, -0.25) is 14.5 Å². The van der Waals surface area contributed by atoms with Crippen molar-refractivity contribution in [3.63, 3.8) is 0 Å². The highest BCUT2D eigenvalue weighted by Crippen LogP contribution is 2.44. The van der Waals surface area contributed by atoms with Crippen molar-refractivity contribution in [2.24, 2.45) is 0 Å². The third kappa shape index (κ3) is 4.13. The van der Waals surface area contributed by atoms with E-state index < -0.39 is 17.7 Å².